The number of carbonyl (C=O) groups excluding carboxylic acids is 2. The fraction of sp³-hybridized carbons (Fsp3) is 0.185. The summed E-state index contributed by atoms with van der Waals surface area (Å²) < 4.78 is 20.1. The van der Waals surface area contributed by atoms with Gasteiger partial charge in [0.05, 0.1) is 18.9 Å². The Morgan fingerprint density at radius 2 is 1.86 bits per heavy atom. The van der Waals surface area contributed by atoms with Crippen LogP contribution in [0.2, 0.25) is 5.02 Å². The lowest BCUT2D eigenvalue weighted by molar-refractivity contribution is -0.121. The monoisotopic (exact) mass is 536 g/mol. The molecule has 0 spiro atoms. The predicted octanol–water partition coefficient (Wildman–Crippen LogP) is 5.67. The van der Waals surface area contributed by atoms with Crippen LogP contribution in [0.5, 0.6) is 5.75 Å². The summed E-state index contributed by atoms with van der Waals surface area (Å²) in [6, 6.07) is 20.2. The van der Waals surface area contributed by atoms with Crippen molar-refractivity contribution < 1.29 is 18.7 Å². The van der Waals surface area contributed by atoms with Gasteiger partial charge >= 0.3 is 0 Å². The molecule has 1 N–H and O–H groups in total. The summed E-state index contributed by atoms with van der Waals surface area (Å²) >= 11 is 7.05. The zero-order chi connectivity index (χ0) is 25.9. The van der Waals surface area contributed by atoms with Crippen molar-refractivity contribution in [3.8, 4) is 5.75 Å². The molecule has 0 bridgehead atoms. The molecule has 37 heavy (non-hydrogen) atoms. The van der Waals surface area contributed by atoms with Crippen molar-refractivity contribution in [2.24, 2.45) is 10.1 Å². The van der Waals surface area contributed by atoms with Gasteiger partial charge in [0.15, 0.2) is 5.17 Å². The van der Waals surface area contributed by atoms with E-state index in [9.17, 15) is 14.0 Å². The van der Waals surface area contributed by atoms with Gasteiger partial charge in [-0.05, 0) is 60.2 Å². The van der Waals surface area contributed by atoms with E-state index >= 15 is 0 Å². The summed E-state index contributed by atoms with van der Waals surface area (Å²) in [5.41, 5.74) is 2.63. The molecule has 3 aromatic rings. The average molecular weight is 537 g/mol. The first-order valence-electron chi connectivity index (χ1n) is 11.5. The van der Waals surface area contributed by atoms with E-state index in [0.29, 0.717) is 33.6 Å². The quantitative estimate of drug-likeness (QED) is 0.439. The van der Waals surface area contributed by atoms with Crippen molar-refractivity contribution in [3.05, 3.63) is 94.8 Å². The molecule has 2 aliphatic rings. The summed E-state index contributed by atoms with van der Waals surface area (Å²) in [6.45, 7) is 0. The zero-order valence-electron chi connectivity index (χ0n) is 19.7. The number of halogens is 2. The Bertz CT molecular complexity index is 1400. The molecule has 2 amide bonds. The zero-order valence-corrected chi connectivity index (χ0v) is 21.3. The van der Waals surface area contributed by atoms with Gasteiger partial charge in [0, 0.05) is 29.1 Å². The summed E-state index contributed by atoms with van der Waals surface area (Å²) in [4.78, 5) is 29.5. The Kier molecular flexibility index (Phi) is 7.25. The van der Waals surface area contributed by atoms with Gasteiger partial charge in [-0.25, -0.2) is 9.40 Å². The van der Waals surface area contributed by atoms with Crippen molar-refractivity contribution in [3.63, 3.8) is 0 Å². The molecule has 0 saturated carbocycles. The third-order valence-corrected chi connectivity index (χ3v) is 7.42. The average Bonchev–Trinajstić information content (AvgIpc) is 3.49. The maximum atomic E-state index is 14.8. The number of hydrogen-bond acceptors (Lipinski definition) is 6. The molecule has 3 aromatic carbocycles. The van der Waals surface area contributed by atoms with Gasteiger partial charge in [0.2, 0.25) is 5.91 Å². The normalized spacial score (nSPS) is 19.0. The number of carbonyl (C=O) groups is 2. The number of methoxy groups -OCH3 is 1. The van der Waals surface area contributed by atoms with Crippen molar-refractivity contribution in [1.29, 1.82) is 0 Å². The first-order chi connectivity index (χ1) is 17.9. The van der Waals surface area contributed by atoms with Crippen molar-refractivity contribution in [2.45, 2.75) is 24.1 Å². The Morgan fingerprint density at radius 1 is 1.14 bits per heavy atom. The van der Waals surface area contributed by atoms with Crippen LogP contribution in [-0.2, 0) is 9.59 Å². The summed E-state index contributed by atoms with van der Waals surface area (Å²) in [7, 11) is 1.59. The Balaban J connectivity index is 1.36. The highest BCUT2D eigenvalue weighted by Gasteiger charge is 2.39. The molecule has 2 aliphatic heterocycles. The highest BCUT2D eigenvalue weighted by molar-refractivity contribution is 8.15. The number of thioether (sulfide) groups is 1. The van der Waals surface area contributed by atoms with Crippen molar-refractivity contribution in [1.82, 2.24) is 5.01 Å². The van der Waals surface area contributed by atoms with Crippen LogP contribution in [0.3, 0.4) is 0 Å². The predicted molar refractivity (Wildman–Crippen MR) is 144 cm³/mol. The standard InChI is InChI=1S/C27H22ClFN4O3S/c1-36-19-12-6-16(7-13-19)22-14-23(20-4-2-3-5-21(20)29)33(32-22)27-31-26(35)24(37-27)15-25(34)30-18-10-8-17(28)9-11-18/h2-13,23-24H,14-15H2,1H3,(H,30,34)/t23-,24+/m1/s1. The number of amides is 2. The Hall–Kier alpha value is -3.69. The second-order valence-corrected chi connectivity index (χ2v) is 10.1. The molecule has 2 atom stereocenters. The van der Waals surface area contributed by atoms with E-state index in [-0.39, 0.29) is 18.1 Å². The second kappa shape index (κ2) is 10.7. The number of benzene rings is 3. The number of amidine groups is 1. The van der Waals surface area contributed by atoms with Crippen LogP contribution in [0.1, 0.15) is 30.0 Å². The molecule has 0 saturated heterocycles. The molecular weight excluding hydrogens is 515 g/mol. The van der Waals surface area contributed by atoms with Gasteiger partial charge in [-0.1, -0.05) is 41.6 Å². The number of rotatable bonds is 6. The van der Waals surface area contributed by atoms with E-state index in [2.05, 4.69) is 10.3 Å². The van der Waals surface area contributed by atoms with Crippen LogP contribution in [0.15, 0.2) is 82.9 Å². The highest BCUT2D eigenvalue weighted by atomic mass is 35.5. The number of hydrogen-bond donors (Lipinski definition) is 1. The van der Waals surface area contributed by atoms with E-state index in [0.717, 1.165) is 23.0 Å². The van der Waals surface area contributed by atoms with Gasteiger partial charge in [0.1, 0.15) is 16.8 Å². The molecule has 10 heteroatoms. The molecule has 0 fully saturated rings. The lowest BCUT2D eigenvalue weighted by atomic mass is 9.98. The van der Waals surface area contributed by atoms with E-state index in [1.165, 1.54) is 6.07 Å². The Labute approximate surface area is 222 Å². The van der Waals surface area contributed by atoms with Gasteiger partial charge in [0.25, 0.3) is 5.91 Å². The number of aliphatic imine (C=N–C) groups is 1. The minimum absolute atomic E-state index is 0.0631. The maximum absolute atomic E-state index is 14.8. The van der Waals surface area contributed by atoms with Crippen LogP contribution in [0.4, 0.5) is 10.1 Å². The van der Waals surface area contributed by atoms with Crippen molar-refractivity contribution >= 4 is 51.7 Å². The molecule has 0 aliphatic carbocycles. The largest absolute Gasteiger partial charge is 0.497 e. The van der Waals surface area contributed by atoms with Crippen LogP contribution >= 0.6 is 23.4 Å². The van der Waals surface area contributed by atoms with Crippen molar-refractivity contribution in [2.75, 3.05) is 12.4 Å². The SMILES string of the molecule is COc1ccc(C2=NN(C3=NC(=O)[C@H](CC(=O)Nc4ccc(Cl)cc4)S3)[C@@H](c3ccccc3F)C2)cc1. The first kappa shape index (κ1) is 25.0. The maximum Gasteiger partial charge on any atom is 0.262 e. The van der Waals surface area contributed by atoms with E-state index in [4.69, 9.17) is 21.4 Å². The fourth-order valence-corrected chi connectivity index (χ4v) is 5.34. The molecule has 188 valence electrons. The third kappa shape index (κ3) is 5.52. The number of nitrogens with zero attached hydrogens (tertiary/aromatic N) is 3. The van der Waals surface area contributed by atoms with Crippen LogP contribution in [0, 0.1) is 5.82 Å². The fourth-order valence-electron chi connectivity index (χ4n) is 4.15. The minimum atomic E-state index is -0.705. The van der Waals surface area contributed by atoms with Gasteiger partial charge in [-0.15, -0.1) is 0 Å². The smallest absolute Gasteiger partial charge is 0.262 e. The number of ether oxygens (including phenoxy) is 1. The third-order valence-electron chi connectivity index (χ3n) is 6.02. The number of anilines is 1. The van der Waals surface area contributed by atoms with Gasteiger partial charge < -0.3 is 10.1 Å². The van der Waals surface area contributed by atoms with Crippen LogP contribution < -0.4 is 10.1 Å². The number of nitrogens with one attached hydrogen (secondary N) is 1. The minimum Gasteiger partial charge on any atom is -0.497 e. The molecule has 0 unspecified atom stereocenters. The van der Waals surface area contributed by atoms with Crippen LogP contribution in [0.25, 0.3) is 0 Å². The van der Waals surface area contributed by atoms with Gasteiger partial charge in [-0.2, -0.15) is 10.1 Å². The van der Waals surface area contributed by atoms with E-state index < -0.39 is 17.2 Å². The summed E-state index contributed by atoms with van der Waals surface area (Å²) in [5, 5.41) is 9.30. The molecule has 0 radical (unpaired) electrons. The van der Waals surface area contributed by atoms with E-state index in [1.807, 2.05) is 24.3 Å². The molecule has 2 heterocycles. The van der Waals surface area contributed by atoms with E-state index in [1.54, 1.807) is 54.6 Å². The molecule has 5 rings (SSSR count). The number of hydrazone groups is 1. The molecular formula is C27H22ClFN4O3S. The molecule has 0 aromatic heterocycles. The lowest BCUT2D eigenvalue weighted by Gasteiger charge is -2.23. The summed E-state index contributed by atoms with van der Waals surface area (Å²) in [5.74, 6) is -0.394. The Morgan fingerprint density at radius 3 is 2.57 bits per heavy atom. The topological polar surface area (TPSA) is 83.4 Å². The lowest BCUT2D eigenvalue weighted by Crippen LogP contribution is -2.25. The highest BCUT2D eigenvalue weighted by Crippen LogP contribution is 2.39. The second-order valence-electron chi connectivity index (χ2n) is 8.46. The first-order valence-corrected chi connectivity index (χ1v) is 12.8. The summed E-state index contributed by atoms with van der Waals surface area (Å²) in [6.07, 6.45) is 0.356. The van der Waals surface area contributed by atoms with Gasteiger partial charge in [-0.3, -0.25) is 9.59 Å². The van der Waals surface area contributed by atoms with Crippen LogP contribution in [-0.4, -0.2) is 40.1 Å². The molecule has 7 nitrogen and oxygen atoms in total.